The third-order valence-electron chi connectivity index (χ3n) is 2.94. The third-order valence-corrected chi connectivity index (χ3v) is 4.43. The first-order valence-corrected chi connectivity index (χ1v) is 6.94. The van der Waals surface area contributed by atoms with Gasteiger partial charge < -0.3 is 5.73 Å². The van der Waals surface area contributed by atoms with E-state index in [4.69, 9.17) is 17.3 Å². The van der Waals surface area contributed by atoms with Crippen LogP contribution in [0.4, 0.5) is 5.69 Å². The molecule has 0 aliphatic rings. The fourth-order valence-electron chi connectivity index (χ4n) is 2.02. The highest BCUT2D eigenvalue weighted by Crippen LogP contribution is 2.38. The van der Waals surface area contributed by atoms with Crippen molar-refractivity contribution in [2.45, 2.75) is 0 Å². The second-order valence-corrected chi connectivity index (χ2v) is 5.61. The molecule has 0 aliphatic heterocycles. The Bertz CT molecular complexity index is 764. The Morgan fingerprint density at radius 1 is 1.05 bits per heavy atom. The molecule has 2 nitrogen and oxygen atoms in total. The number of rotatable bonds is 2. The van der Waals surface area contributed by atoms with Crippen LogP contribution in [-0.2, 0) is 0 Å². The minimum absolute atomic E-state index is 0.0598. The molecule has 0 unspecified atom stereocenters. The smallest absolute Gasteiger partial charge is 0.205 e. The molecular weight excluding hydrogens is 278 g/mol. The third kappa shape index (κ3) is 2.01. The number of carbonyl (C=O) groups is 1. The maximum absolute atomic E-state index is 12.4. The van der Waals surface area contributed by atoms with Gasteiger partial charge in [0.2, 0.25) is 5.78 Å². The van der Waals surface area contributed by atoms with Crippen LogP contribution in [0.2, 0.25) is 5.02 Å². The van der Waals surface area contributed by atoms with Gasteiger partial charge in [0.05, 0.1) is 15.6 Å². The first kappa shape index (κ1) is 12.2. The van der Waals surface area contributed by atoms with Gasteiger partial charge in [-0.1, -0.05) is 48.0 Å². The fraction of sp³-hybridized carbons (Fsp3) is 0. The van der Waals surface area contributed by atoms with Gasteiger partial charge in [0, 0.05) is 15.6 Å². The van der Waals surface area contributed by atoms with E-state index in [9.17, 15) is 4.79 Å². The lowest BCUT2D eigenvalue weighted by atomic mass is 10.1. The van der Waals surface area contributed by atoms with E-state index in [2.05, 4.69) is 0 Å². The monoisotopic (exact) mass is 287 g/mol. The molecule has 0 fully saturated rings. The summed E-state index contributed by atoms with van der Waals surface area (Å²) < 4.78 is 0.935. The molecule has 0 amide bonds. The van der Waals surface area contributed by atoms with E-state index in [1.807, 2.05) is 30.3 Å². The van der Waals surface area contributed by atoms with Gasteiger partial charge in [-0.15, -0.1) is 11.3 Å². The summed E-state index contributed by atoms with van der Waals surface area (Å²) in [4.78, 5) is 13.0. The molecule has 3 rings (SSSR count). The van der Waals surface area contributed by atoms with Crippen molar-refractivity contribution in [3.63, 3.8) is 0 Å². The number of benzene rings is 2. The molecule has 4 heteroatoms. The van der Waals surface area contributed by atoms with Crippen LogP contribution in [0.5, 0.6) is 0 Å². The van der Waals surface area contributed by atoms with Gasteiger partial charge in [-0.25, -0.2) is 0 Å². The van der Waals surface area contributed by atoms with E-state index in [0.29, 0.717) is 21.2 Å². The molecule has 0 aliphatic carbocycles. The van der Waals surface area contributed by atoms with E-state index >= 15 is 0 Å². The van der Waals surface area contributed by atoms with E-state index in [1.54, 1.807) is 18.2 Å². The van der Waals surface area contributed by atoms with Gasteiger partial charge in [-0.3, -0.25) is 4.79 Å². The molecule has 1 aromatic heterocycles. The Kier molecular flexibility index (Phi) is 3.01. The highest BCUT2D eigenvalue weighted by atomic mass is 35.5. The van der Waals surface area contributed by atoms with Crippen LogP contribution in [0, 0.1) is 0 Å². The summed E-state index contributed by atoms with van der Waals surface area (Å²) in [5.41, 5.74) is 7.19. The Hall–Kier alpha value is -1.84. The van der Waals surface area contributed by atoms with Crippen molar-refractivity contribution < 1.29 is 4.79 Å². The highest BCUT2D eigenvalue weighted by molar-refractivity contribution is 7.21. The largest absolute Gasteiger partial charge is 0.397 e. The Morgan fingerprint density at radius 3 is 2.47 bits per heavy atom. The summed E-state index contributed by atoms with van der Waals surface area (Å²) in [6, 6.07) is 14.7. The highest BCUT2D eigenvalue weighted by Gasteiger charge is 2.18. The fourth-order valence-corrected chi connectivity index (χ4v) is 3.46. The number of ketones is 1. The molecule has 0 spiro atoms. The molecule has 0 atom stereocenters. The number of carbonyl (C=O) groups excluding carboxylic acids is 1. The number of nitrogens with two attached hydrogens (primary N) is 1. The van der Waals surface area contributed by atoms with Crippen LogP contribution in [0.15, 0.2) is 48.5 Å². The minimum atomic E-state index is -0.0598. The Balaban J connectivity index is 2.19. The number of thiophene rings is 1. The van der Waals surface area contributed by atoms with Crippen LogP contribution < -0.4 is 5.73 Å². The van der Waals surface area contributed by atoms with Crippen LogP contribution in [0.1, 0.15) is 15.2 Å². The van der Waals surface area contributed by atoms with Crippen LogP contribution in [0.3, 0.4) is 0 Å². The molecule has 94 valence electrons. The summed E-state index contributed by atoms with van der Waals surface area (Å²) in [6.45, 7) is 0. The number of fused-ring (bicyclic) bond motifs is 1. The lowest BCUT2D eigenvalue weighted by molar-refractivity contribution is 0.104. The summed E-state index contributed by atoms with van der Waals surface area (Å²) >= 11 is 7.52. The molecule has 2 N–H and O–H groups in total. The molecule has 3 aromatic rings. The SMILES string of the molecule is Nc1c(C(=O)c2ccccc2)sc2cccc(Cl)c12. The first-order chi connectivity index (χ1) is 9.18. The van der Waals surface area contributed by atoms with E-state index < -0.39 is 0 Å². The van der Waals surface area contributed by atoms with Gasteiger partial charge >= 0.3 is 0 Å². The number of anilines is 1. The van der Waals surface area contributed by atoms with Crippen molar-refractivity contribution in [2.75, 3.05) is 5.73 Å². The number of nitrogen functional groups attached to an aromatic ring is 1. The molecule has 2 aromatic carbocycles. The van der Waals surface area contributed by atoms with Crippen molar-refractivity contribution in [3.8, 4) is 0 Å². The summed E-state index contributed by atoms with van der Waals surface area (Å²) in [5, 5.41) is 1.35. The quantitative estimate of drug-likeness (QED) is 0.711. The van der Waals surface area contributed by atoms with E-state index in [0.717, 1.165) is 10.1 Å². The zero-order valence-corrected chi connectivity index (χ0v) is 11.5. The summed E-state index contributed by atoms with van der Waals surface area (Å²) in [5.74, 6) is -0.0598. The molecule has 1 heterocycles. The summed E-state index contributed by atoms with van der Waals surface area (Å²) in [7, 11) is 0. The number of hydrogen-bond acceptors (Lipinski definition) is 3. The van der Waals surface area contributed by atoms with Crippen molar-refractivity contribution in [2.24, 2.45) is 0 Å². The predicted molar refractivity (Wildman–Crippen MR) is 81.1 cm³/mol. The van der Waals surface area contributed by atoms with Crippen LogP contribution in [0.25, 0.3) is 10.1 Å². The zero-order valence-electron chi connectivity index (χ0n) is 9.89. The van der Waals surface area contributed by atoms with Crippen LogP contribution in [-0.4, -0.2) is 5.78 Å². The topological polar surface area (TPSA) is 43.1 Å². The minimum Gasteiger partial charge on any atom is -0.397 e. The second-order valence-electron chi connectivity index (χ2n) is 4.15. The Labute approximate surface area is 119 Å². The number of hydrogen-bond donors (Lipinski definition) is 1. The van der Waals surface area contributed by atoms with Gasteiger partial charge in [-0.05, 0) is 12.1 Å². The van der Waals surface area contributed by atoms with Crippen molar-refractivity contribution in [1.82, 2.24) is 0 Å². The molecule has 0 saturated heterocycles. The second kappa shape index (κ2) is 4.68. The molecule has 19 heavy (non-hydrogen) atoms. The average Bonchev–Trinajstić information content (AvgIpc) is 2.78. The van der Waals surface area contributed by atoms with Crippen LogP contribution >= 0.6 is 22.9 Å². The molecule has 0 saturated carbocycles. The Morgan fingerprint density at radius 2 is 1.79 bits per heavy atom. The van der Waals surface area contributed by atoms with Gasteiger partial charge in [-0.2, -0.15) is 0 Å². The maximum atomic E-state index is 12.4. The normalized spacial score (nSPS) is 10.8. The predicted octanol–water partition coefficient (Wildman–Crippen LogP) is 4.37. The maximum Gasteiger partial charge on any atom is 0.205 e. The van der Waals surface area contributed by atoms with E-state index in [1.165, 1.54) is 11.3 Å². The standard InChI is InChI=1S/C15H10ClNOS/c16-10-7-4-8-11-12(10)13(17)15(19-11)14(18)9-5-2-1-3-6-9/h1-8H,17H2. The molecule has 0 bridgehead atoms. The van der Waals surface area contributed by atoms with Crippen molar-refractivity contribution >= 4 is 44.5 Å². The van der Waals surface area contributed by atoms with Crippen molar-refractivity contribution in [1.29, 1.82) is 0 Å². The summed E-state index contributed by atoms with van der Waals surface area (Å²) in [6.07, 6.45) is 0. The van der Waals surface area contributed by atoms with Gasteiger partial charge in [0.1, 0.15) is 0 Å². The lowest BCUT2D eigenvalue weighted by Crippen LogP contribution is -2.01. The average molecular weight is 288 g/mol. The molecular formula is C15H10ClNOS. The van der Waals surface area contributed by atoms with E-state index in [-0.39, 0.29) is 5.78 Å². The first-order valence-electron chi connectivity index (χ1n) is 5.74. The van der Waals surface area contributed by atoms with Gasteiger partial charge in [0.25, 0.3) is 0 Å². The number of halogens is 1. The van der Waals surface area contributed by atoms with Gasteiger partial charge in [0.15, 0.2) is 0 Å². The molecule has 0 radical (unpaired) electrons. The lowest BCUT2D eigenvalue weighted by Gasteiger charge is -1.99. The van der Waals surface area contributed by atoms with Crippen molar-refractivity contribution in [3.05, 3.63) is 64.0 Å². The zero-order chi connectivity index (χ0) is 13.4.